The van der Waals surface area contributed by atoms with Crippen LogP contribution in [0.1, 0.15) is 22.9 Å². The van der Waals surface area contributed by atoms with Gasteiger partial charge >= 0.3 is 0 Å². The molecule has 19 heavy (non-hydrogen) atoms. The van der Waals surface area contributed by atoms with E-state index in [1.807, 2.05) is 11.4 Å². The average Bonchev–Trinajstić information content (AvgIpc) is 2.71. The quantitative estimate of drug-likeness (QED) is 0.886. The highest BCUT2D eigenvalue weighted by Crippen LogP contribution is 2.24. The molecule has 0 radical (unpaired) electrons. The van der Waals surface area contributed by atoms with Crippen molar-refractivity contribution in [1.82, 2.24) is 0 Å². The monoisotopic (exact) mass is 274 g/mol. The van der Waals surface area contributed by atoms with Gasteiger partial charge in [0.2, 0.25) is 5.91 Å². The molecule has 100 valence electrons. The molecule has 2 rings (SSSR count). The Morgan fingerprint density at radius 2 is 1.89 bits per heavy atom. The van der Waals surface area contributed by atoms with E-state index < -0.39 is 0 Å². The number of hydrogen-bond acceptors (Lipinski definition) is 3. The molecule has 4 heteroatoms. The van der Waals surface area contributed by atoms with Gasteiger partial charge in [-0.1, -0.05) is 6.07 Å². The van der Waals surface area contributed by atoms with Crippen LogP contribution in [0.4, 0.5) is 11.4 Å². The fourth-order valence-corrected chi connectivity index (χ4v) is 2.81. The summed E-state index contributed by atoms with van der Waals surface area (Å²) in [6.45, 7) is 6.42. The molecular weight excluding hydrogens is 256 g/mol. The van der Waals surface area contributed by atoms with Gasteiger partial charge in [-0.05, 0) is 48.6 Å². The highest BCUT2D eigenvalue weighted by Gasteiger charge is 2.05. The lowest BCUT2D eigenvalue weighted by molar-refractivity contribution is -0.114. The topological polar surface area (TPSA) is 41.1 Å². The van der Waals surface area contributed by atoms with Crippen molar-refractivity contribution in [3.8, 4) is 0 Å². The number of carbonyl (C=O) groups excluding carboxylic acids is 1. The minimum Gasteiger partial charge on any atom is -0.380 e. The summed E-state index contributed by atoms with van der Waals surface area (Å²) in [5.74, 6) is -0.0361. The van der Waals surface area contributed by atoms with Crippen molar-refractivity contribution in [2.45, 2.75) is 27.3 Å². The van der Waals surface area contributed by atoms with Gasteiger partial charge in [-0.25, -0.2) is 0 Å². The molecule has 1 amide bonds. The van der Waals surface area contributed by atoms with Crippen molar-refractivity contribution >= 4 is 28.6 Å². The van der Waals surface area contributed by atoms with Gasteiger partial charge in [0.1, 0.15) is 0 Å². The van der Waals surface area contributed by atoms with Crippen molar-refractivity contribution in [3.05, 3.63) is 45.6 Å². The Bertz CT molecular complexity index is 569. The van der Waals surface area contributed by atoms with Crippen LogP contribution in [0.25, 0.3) is 0 Å². The Hall–Kier alpha value is -1.81. The molecule has 0 spiro atoms. The molecule has 0 atom stereocenters. The van der Waals surface area contributed by atoms with Crippen molar-refractivity contribution in [2.75, 3.05) is 10.6 Å². The molecule has 0 aliphatic carbocycles. The zero-order valence-electron chi connectivity index (χ0n) is 11.4. The molecule has 1 aromatic carbocycles. The van der Waals surface area contributed by atoms with E-state index in [-0.39, 0.29) is 5.91 Å². The maximum absolute atomic E-state index is 11.1. The van der Waals surface area contributed by atoms with Gasteiger partial charge in [0, 0.05) is 17.5 Å². The lowest BCUT2D eigenvalue weighted by atomic mass is 10.1. The first-order valence-electron chi connectivity index (χ1n) is 6.21. The lowest BCUT2D eigenvalue weighted by Crippen LogP contribution is -2.08. The molecule has 2 aromatic rings. The van der Waals surface area contributed by atoms with E-state index in [4.69, 9.17) is 0 Å². The molecule has 0 aliphatic rings. The molecule has 2 N–H and O–H groups in total. The number of benzene rings is 1. The summed E-state index contributed by atoms with van der Waals surface area (Å²) in [4.78, 5) is 12.2. The minimum atomic E-state index is -0.0361. The highest BCUT2D eigenvalue weighted by atomic mass is 32.1. The Morgan fingerprint density at radius 1 is 1.21 bits per heavy atom. The van der Waals surface area contributed by atoms with E-state index in [0.717, 1.165) is 22.8 Å². The number of amides is 1. The zero-order valence-corrected chi connectivity index (χ0v) is 12.2. The predicted octanol–water partition coefficient (Wildman–Crippen LogP) is 3.94. The fraction of sp³-hybridized carbons (Fsp3) is 0.267. The van der Waals surface area contributed by atoms with Gasteiger partial charge in [-0.2, -0.15) is 0 Å². The molecule has 0 saturated carbocycles. The first-order valence-corrected chi connectivity index (χ1v) is 7.08. The Morgan fingerprint density at radius 3 is 2.53 bits per heavy atom. The third-order valence-electron chi connectivity index (χ3n) is 2.73. The zero-order chi connectivity index (χ0) is 13.8. The van der Waals surface area contributed by atoms with E-state index in [9.17, 15) is 4.79 Å². The summed E-state index contributed by atoms with van der Waals surface area (Å²) >= 11 is 1.64. The normalized spacial score (nSPS) is 10.3. The van der Waals surface area contributed by atoms with Crippen LogP contribution in [0.2, 0.25) is 0 Å². The number of aryl methyl sites for hydroxylation is 2. The second-order valence-electron chi connectivity index (χ2n) is 4.67. The molecular formula is C15H18N2OS. The van der Waals surface area contributed by atoms with Crippen LogP contribution >= 0.6 is 11.3 Å². The number of anilines is 2. The number of rotatable bonds is 4. The van der Waals surface area contributed by atoms with E-state index in [1.54, 1.807) is 11.3 Å². The maximum Gasteiger partial charge on any atom is 0.221 e. The second-order valence-corrected chi connectivity index (χ2v) is 5.67. The number of carbonyl (C=O) groups is 1. The van der Waals surface area contributed by atoms with E-state index in [0.29, 0.717) is 0 Å². The Kier molecular flexibility index (Phi) is 4.22. The van der Waals surface area contributed by atoms with Crippen molar-refractivity contribution in [2.24, 2.45) is 0 Å². The summed E-state index contributed by atoms with van der Waals surface area (Å²) in [6.07, 6.45) is 0. The van der Waals surface area contributed by atoms with Crippen molar-refractivity contribution < 1.29 is 4.79 Å². The van der Waals surface area contributed by atoms with Crippen molar-refractivity contribution in [3.63, 3.8) is 0 Å². The van der Waals surface area contributed by atoms with Gasteiger partial charge in [0.25, 0.3) is 0 Å². The summed E-state index contributed by atoms with van der Waals surface area (Å²) in [5, 5.41) is 8.24. The summed E-state index contributed by atoms with van der Waals surface area (Å²) in [5.41, 5.74) is 4.50. The molecule has 0 aliphatic heterocycles. The average molecular weight is 274 g/mol. The molecule has 0 unspecified atom stereocenters. The van der Waals surface area contributed by atoms with E-state index in [2.05, 4.69) is 42.7 Å². The fourth-order valence-electron chi connectivity index (χ4n) is 2.04. The first-order chi connectivity index (χ1) is 9.04. The Balaban J connectivity index is 2.06. The third-order valence-corrected chi connectivity index (χ3v) is 3.65. The first kappa shape index (κ1) is 13.6. The van der Waals surface area contributed by atoms with Crippen LogP contribution in [0.5, 0.6) is 0 Å². The van der Waals surface area contributed by atoms with Crippen LogP contribution in [-0.2, 0) is 11.3 Å². The minimum absolute atomic E-state index is 0.0361. The van der Waals surface area contributed by atoms with Gasteiger partial charge in [-0.3, -0.25) is 4.79 Å². The lowest BCUT2D eigenvalue weighted by Gasteiger charge is -2.09. The maximum atomic E-state index is 11.1. The summed E-state index contributed by atoms with van der Waals surface area (Å²) in [6, 6.07) is 8.33. The molecule has 1 heterocycles. The largest absolute Gasteiger partial charge is 0.380 e. The Labute approximate surface area is 117 Å². The number of nitrogens with one attached hydrogen (secondary N) is 2. The van der Waals surface area contributed by atoms with Gasteiger partial charge in [-0.15, -0.1) is 11.3 Å². The molecule has 0 bridgehead atoms. The van der Waals surface area contributed by atoms with E-state index in [1.165, 1.54) is 18.1 Å². The number of hydrogen-bond donors (Lipinski definition) is 2. The van der Waals surface area contributed by atoms with Crippen LogP contribution in [0.3, 0.4) is 0 Å². The van der Waals surface area contributed by atoms with Crippen LogP contribution in [0.15, 0.2) is 29.6 Å². The van der Waals surface area contributed by atoms with E-state index >= 15 is 0 Å². The van der Waals surface area contributed by atoms with Gasteiger partial charge < -0.3 is 10.6 Å². The SMILES string of the molecule is CC(=O)Nc1ccsc1CNc1cc(C)cc(C)c1. The van der Waals surface area contributed by atoms with Crippen molar-refractivity contribution in [1.29, 1.82) is 0 Å². The van der Waals surface area contributed by atoms with Gasteiger partial charge in [0.15, 0.2) is 0 Å². The summed E-state index contributed by atoms with van der Waals surface area (Å²) in [7, 11) is 0. The van der Waals surface area contributed by atoms with Crippen LogP contribution in [-0.4, -0.2) is 5.91 Å². The molecule has 0 saturated heterocycles. The van der Waals surface area contributed by atoms with Crippen LogP contribution in [0, 0.1) is 13.8 Å². The molecule has 0 fully saturated rings. The summed E-state index contributed by atoms with van der Waals surface area (Å²) < 4.78 is 0. The second kappa shape index (κ2) is 5.89. The number of thiophene rings is 1. The third kappa shape index (κ3) is 3.83. The van der Waals surface area contributed by atoms with Gasteiger partial charge in [0.05, 0.1) is 12.2 Å². The smallest absolute Gasteiger partial charge is 0.221 e. The predicted molar refractivity (Wildman–Crippen MR) is 81.9 cm³/mol. The molecule has 3 nitrogen and oxygen atoms in total. The van der Waals surface area contributed by atoms with Crippen LogP contribution < -0.4 is 10.6 Å². The standard InChI is InChI=1S/C15H18N2OS/c1-10-6-11(2)8-13(7-10)16-9-15-14(4-5-19-15)17-12(3)18/h4-8,16H,9H2,1-3H3,(H,17,18). The molecule has 1 aromatic heterocycles. The highest BCUT2D eigenvalue weighted by molar-refractivity contribution is 7.10.